The van der Waals surface area contributed by atoms with Gasteiger partial charge >= 0.3 is 0 Å². The number of hydrogen-bond donors (Lipinski definition) is 2. The van der Waals surface area contributed by atoms with Crippen molar-refractivity contribution in [2.75, 3.05) is 4.90 Å². The van der Waals surface area contributed by atoms with Crippen molar-refractivity contribution in [1.82, 2.24) is 4.72 Å². The van der Waals surface area contributed by atoms with Gasteiger partial charge < -0.3 is 5.11 Å². The molecule has 0 aromatic heterocycles. The number of nitrogens with zero attached hydrogens (tertiary/aromatic N) is 1. The maximum Gasteiger partial charge on any atom is 0.273 e. The van der Waals surface area contributed by atoms with Crippen molar-refractivity contribution in [3.05, 3.63) is 101 Å². The van der Waals surface area contributed by atoms with Crippen molar-refractivity contribution in [3.8, 4) is 0 Å². The molecule has 2 N–H and O–H groups in total. The fourth-order valence-electron chi connectivity index (χ4n) is 4.65. The van der Waals surface area contributed by atoms with E-state index < -0.39 is 27.1 Å². The first-order valence-corrected chi connectivity index (χ1v) is 13.3. The van der Waals surface area contributed by atoms with Gasteiger partial charge in [0, 0.05) is 21.5 Å². The van der Waals surface area contributed by atoms with Crippen molar-refractivity contribution in [1.29, 1.82) is 0 Å². The summed E-state index contributed by atoms with van der Waals surface area (Å²) < 4.78 is 28.1. The third-order valence-electron chi connectivity index (χ3n) is 6.13. The van der Waals surface area contributed by atoms with Gasteiger partial charge in [0.05, 0.1) is 16.3 Å². The monoisotopic (exact) mass is 520 g/mol. The Balaban J connectivity index is 1.62. The molecule has 0 saturated heterocycles. The highest BCUT2D eigenvalue weighted by molar-refractivity contribution is 7.89. The summed E-state index contributed by atoms with van der Waals surface area (Å²) in [7, 11) is -3.77. The number of hydrogen-bond acceptors (Lipinski definition) is 4. The number of rotatable bonds is 4. The van der Waals surface area contributed by atoms with E-state index in [0.29, 0.717) is 22.0 Å². The number of sulfonamides is 1. The molecule has 4 aromatic carbocycles. The lowest BCUT2D eigenvalue weighted by atomic mass is 9.87. The van der Waals surface area contributed by atoms with Crippen molar-refractivity contribution < 1.29 is 18.3 Å². The Hall–Kier alpha value is -3.23. The first kappa shape index (κ1) is 24.5. The van der Waals surface area contributed by atoms with Gasteiger partial charge in [0.15, 0.2) is 5.60 Å². The molecule has 1 heterocycles. The quantitative estimate of drug-likeness (QED) is 0.373. The highest BCUT2D eigenvalue weighted by atomic mass is 35.5. The predicted octanol–water partition coefficient (Wildman–Crippen LogP) is 5.48. The first-order valence-electron chi connectivity index (χ1n) is 11.4. The molecule has 4 aromatic rings. The Morgan fingerprint density at radius 2 is 1.56 bits per heavy atom. The number of benzene rings is 4. The Morgan fingerprint density at radius 1 is 0.889 bits per heavy atom. The largest absolute Gasteiger partial charge is 0.372 e. The van der Waals surface area contributed by atoms with Crippen LogP contribution in [0.25, 0.3) is 10.8 Å². The standard InChI is InChI=1S/C28H25ClN2O4S/c1-27(2,3)30-36(34,35)21-14-11-19(12-15-21)28(33)23-8-4-5-9-25(23)31(26(28)32)24-10-6-7-18-17-20(29)13-16-22(18)24/h4-17,30,33H,1-3H3. The van der Waals surface area contributed by atoms with E-state index in [1.165, 1.54) is 29.2 Å². The zero-order valence-electron chi connectivity index (χ0n) is 20.0. The van der Waals surface area contributed by atoms with E-state index in [1.54, 1.807) is 51.1 Å². The minimum Gasteiger partial charge on any atom is -0.372 e. The van der Waals surface area contributed by atoms with Gasteiger partial charge in [0.1, 0.15) is 0 Å². The maximum absolute atomic E-state index is 14.0. The molecule has 1 aliphatic rings. The number of aliphatic hydroxyl groups is 1. The topological polar surface area (TPSA) is 86.7 Å². The van der Waals surface area contributed by atoms with Crippen LogP contribution >= 0.6 is 11.6 Å². The van der Waals surface area contributed by atoms with Crippen LogP contribution in [-0.4, -0.2) is 25.0 Å². The molecule has 6 nitrogen and oxygen atoms in total. The third kappa shape index (κ3) is 3.98. The lowest BCUT2D eigenvalue weighted by Gasteiger charge is -2.25. The summed E-state index contributed by atoms with van der Waals surface area (Å²) in [5, 5.41) is 14.2. The Kier molecular flexibility index (Phi) is 5.72. The number of amides is 1. The molecule has 0 fully saturated rings. The summed E-state index contributed by atoms with van der Waals surface area (Å²) in [5.41, 5.74) is -0.779. The van der Waals surface area contributed by atoms with Gasteiger partial charge in [-0.15, -0.1) is 0 Å². The van der Waals surface area contributed by atoms with Crippen LogP contribution in [0.4, 0.5) is 11.4 Å². The summed E-state index contributed by atoms with van der Waals surface area (Å²) in [5.74, 6) is -0.547. The van der Waals surface area contributed by atoms with Gasteiger partial charge in [-0.2, -0.15) is 0 Å². The summed E-state index contributed by atoms with van der Waals surface area (Å²) in [6.45, 7) is 5.27. The third-order valence-corrected chi connectivity index (χ3v) is 8.14. The molecule has 1 unspecified atom stereocenters. The number of fused-ring (bicyclic) bond motifs is 2. The number of anilines is 2. The fourth-order valence-corrected chi connectivity index (χ4v) is 6.25. The number of halogens is 1. The van der Waals surface area contributed by atoms with Gasteiger partial charge in [-0.3, -0.25) is 9.69 Å². The van der Waals surface area contributed by atoms with E-state index in [2.05, 4.69) is 4.72 Å². The average Bonchev–Trinajstić information content (AvgIpc) is 3.05. The van der Waals surface area contributed by atoms with E-state index >= 15 is 0 Å². The molecule has 0 spiro atoms. The van der Waals surface area contributed by atoms with E-state index in [-0.39, 0.29) is 10.5 Å². The Labute approximate surface area is 215 Å². The van der Waals surface area contributed by atoms with Crippen molar-refractivity contribution in [3.63, 3.8) is 0 Å². The zero-order valence-corrected chi connectivity index (χ0v) is 21.6. The number of nitrogens with one attached hydrogen (secondary N) is 1. The zero-order chi connectivity index (χ0) is 25.9. The lowest BCUT2D eigenvalue weighted by molar-refractivity contribution is -0.131. The van der Waals surface area contributed by atoms with Crippen LogP contribution in [0.2, 0.25) is 5.02 Å². The van der Waals surface area contributed by atoms with Gasteiger partial charge in [0.2, 0.25) is 10.0 Å². The average molecular weight is 521 g/mol. The van der Waals surface area contributed by atoms with Crippen LogP contribution in [0.15, 0.2) is 89.8 Å². The SMILES string of the molecule is CC(C)(C)NS(=O)(=O)c1ccc(C2(O)C(=O)N(c3cccc4cc(Cl)ccc34)c3ccccc32)cc1. The van der Waals surface area contributed by atoms with Gasteiger partial charge in [0.25, 0.3) is 5.91 Å². The van der Waals surface area contributed by atoms with E-state index in [4.69, 9.17) is 11.6 Å². The Morgan fingerprint density at radius 3 is 2.25 bits per heavy atom. The molecule has 5 rings (SSSR count). The second-order valence-electron chi connectivity index (χ2n) is 9.89. The van der Waals surface area contributed by atoms with Gasteiger partial charge in [-0.05, 0) is 68.1 Å². The van der Waals surface area contributed by atoms with Crippen LogP contribution in [-0.2, 0) is 20.4 Å². The second kappa shape index (κ2) is 8.42. The van der Waals surface area contributed by atoms with E-state index in [9.17, 15) is 18.3 Å². The molecule has 36 heavy (non-hydrogen) atoms. The fraction of sp³-hybridized carbons (Fsp3) is 0.179. The van der Waals surface area contributed by atoms with Crippen molar-refractivity contribution in [2.45, 2.75) is 36.8 Å². The van der Waals surface area contributed by atoms with Crippen LogP contribution in [0.1, 0.15) is 31.9 Å². The molecule has 8 heteroatoms. The molecule has 1 amide bonds. The molecule has 0 radical (unpaired) electrons. The molecular weight excluding hydrogens is 496 g/mol. The van der Waals surface area contributed by atoms with Crippen LogP contribution in [0.3, 0.4) is 0 Å². The molecule has 1 aliphatic heterocycles. The Bertz CT molecular complexity index is 1610. The number of carbonyl (C=O) groups is 1. The summed E-state index contributed by atoms with van der Waals surface area (Å²) >= 11 is 6.18. The van der Waals surface area contributed by atoms with Gasteiger partial charge in [-0.1, -0.05) is 60.1 Å². The number of para-hydroxylation sites is 1. The minimum absolute atomic E-state index is 0.0475. The van der Waals surface area contributed by atoms with E-state index in [1.807, 2.05) is 30.3 Å². The maximum atomic E-state index is 14.0. The van der Waals surface area contributed by atoms with Crippen LogP contribution in [0.5, 0.6) is 0 Å². The van der Waals surface area contributed by atoms with E-state index in [0.717, 1.165) is 10.8 Å². The first-order chi connectivity index (χ1) is 16.9. The summed E-state index contributed by atoms with van der Waals surface area (Å²) in [6.07, 6.45) is 0. The predicted molar refractivity (Wildman–Crippen MR) is 142 cm³/mol. The minimum atomic E-state index is -3.77. The molecule has 0 aliphatic carbocycles. The summed E-state index contributed by atoms with van der Waals surface area (Å²) in [4.78, 5) is 15.5. The molecule has 1 atom stereocenters. The lowest BCUT2D eigenvalue weighted by Crippen LogP contribution is -2.41. The van der Waals surface area contributed by atoms with Crippen LogP contribution < -0.4 is 9.62 Å². The van der Waals surface area contributed by atoms with Crippen molar-refractivity contribution in [2.24, 2.45) is 0 Å². The summed E-state index contributed by atoms with van der Waals surface area (Å²) in [6, 6.07) is 23.8. The molecule has 0 saturated carbocycles. The normalized spacial score (nSPS) is 18.0. The molecule has 184 valence electrons. The van der Waals surface area contributed by atoms with Crippen LogP contribution in [0, 0.1) is 0 Å². The molecular formula is C28H25ClN2O4S. The highest BCUT2D eigenvalue weighted by Crippen LogP contribution is 2.49. The van der Waals surface area contributed by atoms with Crippen molar-refractivity contribution >= 4 is 49.7 Å². The smallest absolute Gasteiger partial charge is 0.273 e. The highest BCUT2D eigenvalue weighted by Gasteiger charge is 2.51. The molecule has 0 bridgehead atoms. The second-order valence-corrected chi connectivity index (χ2v) is 12.0. The number of carbonyl (C=O) groups excluding carboxylic acids is 1. The van der Waals surface area contributed by atoms with Gasteiger partial charge in [-0.25, -0.2) is 13.1 Å².